The first kappa shape index (κ1) is 12.5. The maximum absolute atomic E-state index is 10.2. The third-order valence-electron chi connectivity index (χ3n) is 2.71. The molecular formula is C10H15BrN4O2. The minimum Gasteiger partial charge on any atom is -0.388 e. The van der Waals surface area contributed by atoms with Crippen LogP contribution in [0.2, 0.25) is 0 Å². The van der Waals surface area contributed by atoms with E-state index in [9.17, 15) is 5.11 Å². The Morgan fingerprint density at radius 3 is 2.82 bits per heavy atom. The Hall–Kier alpha value is -0.920. The molecular weight excluding hydrogens is 288 g/mol. The number of nitrogens with one attached hydrogen (secondary N) is 1. The van der Waals surface area contributed by atoms with Gasteiger partial charge in [0.1, 0.15) is 10.4 Å². The second kappa shape index (κ2) is 5.16. The number of nitrogens with two attached hydrogens (primary N) is 1. The zero-order valence-corrected chi connectivity index (χ0v) is 10.9. The van der Waals surface area contributed by atoms with Gasteiger partial charge in [0.2, 0.25) is 5.95 Å². The van der Waals surface area contributed by atoms with E-state index < -0.39 is 5.60 Å². The fourth-order valence-corrected chi connectivity index (χ4v) is 2.09. The number of aromatic nitrogens is 2. The van der Waals surface area contributed by atoms with Crippen LogP contribution in [0.5, 0.6) is 0 Å². The average molecular weight is 303 g/mol. The molecule has 1 saturated heterocycles. The molecule has 1 aromatic heterocycles. The predicted octanol–water partition coefficient (Wildman–Crippen LogP) is 0.775. The monoisotopic (exact) mass is 302 g/mol. The Bertz CT molecular complexity index is 376. The largest absolute Gasteiger partial charge is 0.388 e. The molecule has 1 aliphatic rings. The van der Waals surface area contributed by atoms with Gasteiger partial charge in [0, 0.05) is 38.7 Å². The van der Waals surface area contributed by atoms with E-state index in [4.69, 9.17) is 10.5 Å². The molecule has 1 aliphatic heterocycles. The van der Waals surface area contributed by atoms with Gasteiger partial charge in [0.15, 0.2) is 0 Å². The maximum atomic E-state index is 10.2. The number of rotatable bonds is 3. The smallest absolute Gasteiger partial charge is 0.225 e. The van der Waals surface area contributed by atoms with E-state index in [1.54, 1.807) is 6.07 Å². The van der Waals surface area contributed by atoms with Crippen LogP contribution < -0.4 is 11.1 Å². The highest BCUT2D eigenvalue weighted by Crippen LogP contribution is 2.21. The van der Waals surface area contributed by atoms with E-state index in [0.29, 0.717) is 49.0 Å². The third kappa shape index (κ3) is 3.52. The number of hydrogen-bond acceptors (Lipinski definition) is 6. The average Bonchev–Trinajstić information content (AvgIpc) is 2.26. The van der Waals surface area contributed by atoms with E-state index in [-0.39, 0.29) is 0 Å². The number of nitrogens with zero attached hydrogens (tertiary/aromatic N) is 2. The first-order valence-corrected chi connectivity index (χ1v) is 6.21. The summed E-state index contributed by atoms with van der Waals surface area (Å²) < 4.78 is 5.83. The summed E-state index contributed by atoms with van der Waals surface area (Å²) in [5.74, 6) is 0.796. The van der Waals surface area contributed by atoms with E-state index in [1.807, 2.05) is 0 Å². The van der Waals surface area contributed by atoms with Crippen LogP contribution in [0.25, 0.3) is 0 Å². The lowest BCUT2D eigenvalue weighted by atomic mass is 9.94. The molecule has 4 N–H and O–H groups in total. The van der Waals surface area contributed by atoms with Crippen molar-refractivity contribution in [1.29, 1.82) is 0 Å². The van der Waals surface area contributed by atoms with Gasteiger partial charge < -0.3 is 20.9 Å². The van der Waals surface area contributed by atoms with E-state index in [2.05, 4.69) is 31.2 Å². The number of hydrogen-bond donors (Lipinski definition) is 3. The van der Waals surface area contributed by atoms with E-state index in [1.165, 1.54) is 0 Å². The lowest BCUT2D eigenvalue weighted by Gasteiger charge is -2.32. The number of ether oxygens (including phenoxy) is 1. The van der Waals surface area contributed by atoms with Gasteiger partial charge in [-0.3, -0.25) is 0 Å². The van der Waals surface area contributed by atoms with Crippen molar-refractivity contribution in [3.05, 3.63) is 10.7 Å². The lowest BCUT2D eigenvalue weighted by Crippen LogP contribution is -2.42. The first-order chi connectivity index (χ1) is 8.07. The molecule has 0 aliphatic carbocycles. The molecule has 6 nitrogen and oxygen atoms in total. The van der Waals surface area contributed by atoms with Crippen molar-refractivity contribution in [1.82, 2.24) is 9.97 Å². The molecule has 0 unspecified atom stereocenters. The summed E-state index contributed by atoms with van der Waals surface area (Å²) in [7, 11) is 0. The molecule has 0 saturated carbocycles. The standard InChI is InChI=1S/C10H15BrN4O2/c11-7-5-8(12)15-9(14-7)13-6-10(16)1-3-17-4-2-10/h5,16H,1-4,6H2,(H3,12,13,14,15). The molecule has 0 bridgehead atoms. The molecule has 0 aromatic carbocycles. The Morgan fingerprint density at radius 1 is 1.47 bits per heavy atom. The highest BCUT2D eigenvalue weighted by atomic mass is 79.9. The van der Waals surface area contributed by atoms with Crippen molar-refractivity contribution in [3.8, 4) is 0 Å². The summed E-state index contributed by atoms with van der Waals surface area (Å²) in [5.41, 5.74) is 4.85. The normalized spacial score (nSPS) is 18.9. The second-order valence-electron chi connectivity index (χ2n) is 4.13. The van der Waals surface area contributed by atoms with Crippen LogP contribution in [0.1, 0.15) is 12.8 Å². The van der Waals surface area contributed by atoms with Crippen molar-refractivity contribution in [2.24, 2.45) is 0 Å². The number of aliphatic hydroxyl groups is 1. The summed E-state index contributed by atoms with van der Waals surface area (Å²) >= 11 is 3.24. The molecule has 0 amide bonds. The molecule has 2 heterocycles. The molecule has 2 rings (SSSR count). The minimum atomic E-state index is -0.751. The second-order valence-corrected chi connectivity index (χ2v) is 4.94. The summed E-state index contributed by atoms with van der Waals surface area (Å²) in [5, 5.41) is 13.2. The quantitative estimate of drug-likeness (QED) is 0.714. The van der Waals surface area contributed by atoms with Crippen molar-refractivity contribution in [3.63, 3.8) is 0 Å². The Kier molecular flexibility index (Phi) is 3.80. The van der Waals surface area contributed by atoms with Gasteiger partial charge in [-0.15, -0.1) is 0 Å². The van der Waals surface area contributed by atoms with Crippen LogP contribution in [0.15, 0.2) is 10.7 Å². The van der Waals surface area contributed by atoms with E-state index in [0.717, 1.165) is 0 Å². The SMILES string of the molecule is Nc1cc(Br)nc(NCC2(O)CCOCC2)n1. The van der Waals surface area contributed by atoms with Crippen LogP contribution in [0, 0.1) is 0 Å². The van der Waals surface area contributed by atoms with Gasteiger partial charge in [-0.05, 0) is 15.9 Å². The summed E-state index contributed by atoms with van der Waals surface area (Å²) in [4.78, 5) is 8.15. The number of anilines is 2. The van der Waals surface area contributed by atoms with Gasteiger partial charge in [0.05, 0.1) is 5.60 Å². The number of nitrogen functional groups attached to an aromatic ring is 1. The van der Waals surface area contributed by atoms with Crippen LogP contribution in [0.4, 0.5) is 11.8 Å². The lowest BCUT2D eigenvalue weighted by molar-refractivity contribution is -0.0544. The van der Waals surface area contributed by atoms with Crippen LogP contribution >= 0.6 is 15.9 Å². The van der Waals surface area contributed by atoms with Crippen molar-refractivity contribution in [2.75, 3.05) is 30.8 Å². The maximum Gasteiger partial charge on any atom is 0.225 e. The predicted molar refractivity (Wildman–Crippen MR) is 67.6 cm³/mol. The topological polar surface area (TPSA) is 93.3 Å². The highest BCUT2D eigenvalue weighted by molar-refractivity contribution is 9.10. The Morgan fingerprint density at radius 2 is 2.18 bits per heavy atom. The fourth-order valence-electron chi connectivity index (χ4n) is 1.69. The van der Waals surface area contributed by atoms with Crippen molar-refractivity contribution < 1.29 is 9.84 Å². The van der Waals surface area contributed by atoms with Gasteiger partial charge in [-0.1, -0.05) is 0 Å². The summed E-state index contributed by atoms with van der Waals surface area (Å²) in [6, 6.07) is 1.62. The van der Waals surface area contributed by atoms with Crippen LogP contribution in [0.3, 0.4) is 0 Å². The minimum absolute atomic E-state index is 0.383. The van der Waals surface area contributed by atoms with Crippen LogP contribution in [-0.4, -0.2) is 40.4 Å². The van der Waals surface area contributed by atoms with E-state index >= 15 is 0 Å². The number of halogens is 1. The van der Waals surface area contributed by atoms with Gasteiger partial charge >= 0.3 is 0 Å². The van der Waals surface area contributed by atoms with Crippen molar-refractivity contribution in [2.45, 2.75) is 18.4 Å². The van der Waals surface area contributed by atoms with Gasteiger partial charge in [-0.25, -0.2) is 4.98 Å². The third-order valence-corrected chi connectivity index (χ3v) is 3.12. The molecule has 0 spiro atoms. The Balaban J connectivity index is 1.96. The van der Waals surface area contributed by atoms with Crippen molar-refractivity contribution >= 4 is 27.7 Å². The Labute approximate surface area is 108 Å². The van der Waals surface area contributed by atoms with Gasteiger partial charge in [0.25, 0.3) is 0 Å². The summed E-state index contributed by atoms with van der Waals surface area (Å²) in [6.45, 7) is 1.56. The molecule has 1 aromatic rings. The molecule has 1 fully saturated rings. The zero-order chi connectivity index (χ0) is 12.3. The molecule has 0 radical (unpaired) electrons. The highest BCUT2D eigenvalue weighted by Gasteiger charge is 2.29. The van der Waals surface area contributed by atoms with Crippen LogP contribution in [-0.2, 0) is 4.74 Å². The summed E-state index contributed by atoms with van der Waals surface area (Å²) in [6.07, 6.45) is 1.23. The molecule has 0 atom stereocenters. The zero-order valence-electron chi connectivity index (χ0n) is 9.32. The molecule has 17 heavy (non-hydrogen) atoms. The first-order valence-electron chi connectivity index (χ1n) is 5.41. The van der Waals surface area contributed by atoms with Gasteiger partial charge in [-0.2, -0.15) is 4.98 Å². The fraction of sp³-hybridized carbons (Fsp3) is 0.600. The molecule has 94 valence electrons. The molecule has 7 heteroatoms.